The number of aromatic nitrogens is 1. The second-order valence-corrected chi connectivity index (χ2v) is 3.00. The average Bonchev–Trinajstić information content (AvgIpc) is 2.19. The van der Waals surface area contributed by atoms with E-state index in [1.807, 2.05) is 18.2 Å². The van der Waals surface area contributed by atoms with Crippen LogP contribution in [0.4, 0.5) is 4.79 Å². The van der Waals surface area contributed by atoms with Crippen LogP contribution in [0.5, 0.6) is 0 Å². The minimum Gasteiger partial charge on any atom is -0.338 e. The Morgan fingerprint density at radius 3 is 3.08 bits per heavy atom. The Hall–Kier alpha value is -1.58. The Balaban J connectivity index is 2.13. The summed E-state index contributed by atoms with van der Waals surface area (Å²) in [6, 6.07) is 5.68. The molecule has 0 bridgehead atoms. The lowest BCUT2D eigenvalue weighted by Crippen LogP contribution is -2.44. The summed E-state index contributed by atoms with van der Waals surface area (Å²) < 4.78 is 0. The molecule has 2 N–H and O–H groups in total. The van der Waals surface area contributed by atoms with E-state index in [0.717, 1.165) is 12.1 Å². The number of urea groups is 1. The number of amides is 2. The lowest BCUT2D eigenvalue weighted by Gasteiger charge is -2.23. The zero-order chi connectivity index (χ0) is 9.10. The highest BCUT2D eigenvalue weighted by atomic mass is 16.2. The molecular formula is C9H11N3O. The Morgan fingerprint density at radius 2 is 2.38 bits per heavy atom. The lowest BCUT2D eigenvalue weighted by atomic mass is 10.1. The topological polar surface area (TPSA) is 54.0 Å². The van der Waals surface area contributed by atoms with Crippen molar-refractivity contribution in [2.24, 2.45) is 0 Å². The first-order chi connectivity index (χ1) is 6.36. The van der Waals surface area contributed by atoms with E-state index in [0.29, 0.717) is 6.54 Å². The minimum atomic E-state index is -0.109. The highest BCUT2D eigenvalue weighted by molar-refractivity contribution is 5.75. The molecular weight excluding hydrogens is 166 g/mol. The van der Waals surface area contributed by atoms with Crippen LogP contribution in [0, 0.1) is 0 Å². The summed E-state index contributed by atoms with van der Waals surface area (Å²) in [5.41, 5.74) is 0.928. The summed E-state index contributed by atoms with van der Waals surface area (Å²) in [7, 11) is 0. The van der Waals surface area contributed by atoms with E-state index in [1.54, 1.807) is 6.20 Å². The van der Waals surface area contributed by atoms with Crippen LogP contribution in [0.15, 0.2) is 24.4 Å². The molecule has 1 fully saturated rings. The minimum absolute atomic E-state index is 0.0648. The predicted molar refractivity (Wildman–Crippen MR) is 48.1 cm³/mol. The van der Waals surface area contributed by atoms with Crippen molar-refractivity contribution in [1.82, 2.24) is 15.6 Å². The smallest absolute Gasteiger partial charge is 0.315 e. The Kier molecular flexibility index (Phi) is 2.12. The second-order valence-electron chi connectivity index (χ2n) is 3.00. The number of nitrogens with one attached hydrogen (secondary N) is 2. The molecule has 1 atom stereocenters. The third kappa shape index (κ3) is 1.77. The molecule has 1 saturated heterocycles. The largest absolute Gasteiger partial charge is 0.338 e. The quantitative estimate of drug-likeness (QED) is 0.667. The average molecular weight is 177 g/mol. The second kappa shape index (κ2) is 3.43. The molecule has 2 rings (SSSR count). The van der Waals surface area contributed by atoms with Crippen LogP contribution >= 0.6 is 0 Å². The van der Waals surface area contributed by atoms with Crippen LogP contribution in [0.1, 0.15) is 18.2 Å². The van der Waals surface area contributed by atoms with Gasteiger partial charge in [0.15, 0.2) is 0 Å². The maximum Gasteiger partial charge on any atom is 0.315 e. The van der Waals surface area contributed by atoms with Gasteiger partial charge in [-0.3, -0.25) is 4.98 Å². The molecule has 1 unspecified atom stereocenters. The van der Waals surface area contributed by atoms with Crippen molar-refractivity contribution in [3.8, 4) is 0 Å². The van der Waals surface area contributed by atoms with Crippen LogP contribution < -0.4 is 10.6 Å². The maximum atomic E-state index is 11.0. The van der Waals surface area contributed by atoms with Crippen molar-refractivity contribution in [2.75, 3.05) is 6.54 Å². The van der Waals surface area contributed by atoms with Crippen LogP contribution in [0.2, 0.25) is 0 Å². The summed E-state index contributed by atoms with van der Waals surface area (Å²) >= 11 is 0. The van der Waals surface area contributed by atoms with Crippen LogP contribution in [0.3, 0.4) is 0 Å². The summed E-state index contributed by atoms with van der Waals surface area (Å²) in [4.78, 5) is 15.2. The summed E-state index contributed by atoms with van der Waals surface area (Å²) in [5, 5.41) is 5.52. The summed E-state index contributed by atoms with van der Waals surface area (Å²) in [5.74, 6) is 0. The number of hydrogen-bond acceptors (Lipinski definition) is 2. The van der Waals surface area contributed by atoms with Crippen LogP contribution in [-0.4, -0.2) is 17.6 Å². The van der Waals surface area contributed by atoms with E-state index in [1.165, 1.54) is 0 Å². The van der Waals surface area contributed by atoms with E-state index in [-0.39, 0.29) is 12.1 Å². The first-order valence-corrected chi connectivity index (χ1v) is 4.31. The third-order valence-electron chi connectivity index (χ3n) is 2.07. The van der Waals surface area contributed by atoms with Crippen molar-refractivity contribution in [3.05, 3.63) is 30.1 Å². The van der Waals surface area contributed by atoms with Gasteiger partial charge >= 0.3 is 6.03 Å². The Bertz CT molecular complexity index is 299. The van der Waals surface area contributed by atoms with Gasteiger partial charge in [0.2, 0.25) is 0 Å². The maximum absolute atomic E-state index is 11.0. The van der Waals surface area contributed by atoms with Gasteiger partial charge in [-0.1, -0.05) is 6.07 Å². The number of pyridine rings is 1. The predicted octanol–water partition coefficient (Wildman–Crippen LogP) is 0.826. The van der Waals surface area contributed by atoms with Crippen LogP contribution in [0.25, 0.3) is 0 Å². The van der Waals surface area contributed by atoms with Gasteiger partial charge in [-0.2, -0.15) is 0 Å². The van der Waals surface area contributed by atoms with E-state index in [4.69, 9.17) is 0 Å². The van der Waals surface area contributed by atoms with Crippen molar-refractivity contribution < 1.29 is 4.79 Å². The highest BCUT2D eigenvalue weighted by Crippen LogP contribution is 2.14. The molecule has 4 nitrogen and oxygen atoms in total. The zero-order valence-electron chi connectivity index (χ0n) is 7.16. The highest BCUT2D eigenvalue weighted by Gasteiger charge is 2.19. The molecule has 2 heterocycles. The van der Waals surface area contributed by atoms with E-state index < -0.39 is 0 Å². The fourth-order valence-corrected chi connectivity index (χ4v) is 1.42. The van der Waals surface area contributed by atoms with Gasteiger partial charge in [0.1, 0.15) is 0 Å². The fourth-order valence-electron chi connectivity index (χ4n) is 1.42. The van der Waals surface area contributed by atoms with E-state index >= 15 is 0 Å². The first kappa shape index (κ1) is 8.04. The monoisotopic (exact) mass is 177 g/mol. The number of rotatable bonds is 1. The number of carbonyl (C=O) groups is 1. The molecule has 2 amide bonds. The van der Waals surface area contributed by atoms with Gasteiger partial charge in [0, 0.05) is 12.7 Å². The van der Waals surface area contributed by atoms with Crippen molar-refractivity contribution >= 4 is 6.03 Å². The SMILES string of the molecule is O=C1NCCC(c2ccccn2)N1. The number of hydrogen-bond donors (Lipinski definition) is 2. The molecule has 13 heavy (non-hydrogen) atoms. The van der Waals surface area contributed by atoms with Gasteiger partial charge in [-0.15, -0.1) is 0 Å². The van der Waals surface area contributed by atoms with Gasteiger partial charge in [0.25, 0.3) is 0 Å². The molecule has 1 aliphatic heterocycles. The normalized spacial score (nSPS) is 21.8. The molecule has 0 radical (unpaired) electrons. The summed E-state index contributed by atoms with van der Waals surface area (Å²) in [6.45, 7) is 0.715. The Morgan fingerprint density at radius 1 is 1.46 bits per heavy atom. The van der Waals surface area contributed by atoms with Gasteiger partial charge < -0.3 is 10.6 Å². The van der Waals surface area contributed by atoms with E-state index in [9.17, 15) is 4.79 Å². The molecule has 4 heteroatoms. The first-order valence-electron chi connectivity index (χ1n) is 4.31. The van der Waals surface area contributed by atoms with Crippen molar-refractivity contribution in [1.29, 1.82) is 0 Å². The molecule has 0 saturated carbocycles. The molecule has 0 spiro atoms. The molecule has 0 aromatic carbocycles. The standard InChI is InChI=1S/C9H11N3O/c13-9-11-6-4-8(12-9)7-3-1-2-5-10-7/h1-3,5,8H,4,6H2,(H2,11,12,13). The molecule has 68 valence electrons. The van der Waals surface area contributed by atoms with Gasteiger partial charge in [0.05, 0.1) is 11.7 Å². The van der Waals surface area contributed by atoms with E-state index in [2.05, 4.69) is 15.6 Å². The number of carbonyl (C=O) groups excluding carboxylic acids is 1. The molecule has 1 aliphatic rings. The molecule has 0 aliphatic carbocycles. The van der Waals surface area contributed by atoms with Gasteiger partial charge in [-0.05, 0) is 18.6 Å². The fraction of sp³-hybridized carbons (Fsp3) is 0.333. The summed E-state index contributed by atoms with van der Waals surface area (Å²) in [6.07, 6.45) is 2.63. The molecule has 1 aromatic rings. The number of nitrogens with zero attached hydrogens (tertiary/aromatic N) is 1. The Labute approximate surface area is 76.4 Å². The van der Waals surface area contributed by atoms with Gasteiger partial charge in [-0.25, -0.2) is 4.79 Å². The molecule has 1 aromatic heterocycles. The van der Waals surface area contributed by atoms with Crippen molar-refractivity contribution in [2.45, 2.75) is 12.5 Å². The third-order valence-corrected chi connectivity index (χ3v) is 2.07. The van der Waals surface area contributed by atoms with Crippen molar-refractivity contribution in [3.63, 3.8) is 0 Å². The lowest BCUT2D eigenvalue weighted by molar-refractivity contribution is 0.228. The zero-order valence-corrected chi connectivity index (χ0v) is 7.16. The van der Waals surface area contributed by atoms with Crippen LogP contribution in [-0.2, 0) is 0 Å².